The van der Waals surface area contributed by atoms with Gasteiger partial charge in [0.2, 0.25) is 0 Å². The summed E-state index contributed by atoms with van der Waals surface area (Å²) in [5.74, 6) is 6.92. The molecule has 0 N–H and O–H groups in total. The van der Waals surface area contributed by atoms with E-state index < -0.39 is 0 Å². The van der Waals surface area contributed by atoms with E-state index in [9.17, 15) is 0 Å². The summed E-state index contributed by atoms with van der Waals surface area (Å²) in [6.45, 7) is 12.4. The molecule has 0 radical (unpaired) electrons. The topological polar surface area (TPSA) is 0 Å². The van der Waals surface area contributed by atoms with Crippen molar-refractivity contribution in [3.63, 3.8) is 0 Å². The maximum atomic E-state index is 2.51. The van der Waals surface area contributed by atoms with Crippen molar-refractivity contribution in [1.29, 1.82) is 0 Å². The van der Waals surface area contributed by atoms with Crippen LogP contribution in [0.1, 0.15) is 47.5 Å². The van der Waals surface area contributed by atoms with E-state index in [1.54, 1.807) is 0 Å². The molecule has 0 nitrogen and oxygen atoms in total. The highest BCUT2D eigenvalue weighted by molar-refractivity contribution is 4.95. The van der Waals surface area contributed by atoms with Crippen molar-refractivity contribution in [3.8, 4) is 0 Å². The van der Waals surface area contributed by atoms with Crippen LogP contribution >= 0.6 is 0 Å². The van der Waals surface area contributed by atoms with Gasteiger partial charge in [0.25, 0.3) is 0 Å². The Labute approximate surface area is 89.5 Å². The van der Waals surface area contributed by atoms with Crippen molar-refractivity contribution >= 4 is 0 Å². The molecule has 2 fully saturated rings. The lowest BCUT2D eigenvalue weighted by Gasteiger charge is -2.42. The number of fused-ring (bicyclic) bond motifs is 1. The highest BCUT2D eigenvalue weighted by atomic mass is 14.5. The third-order valence-corrected chi connectivity index (χ3v) is 5.73. The van der Waals surface area contributed by atoms with Crippen LogP contribution in [0.4, 0.5) is 0 Å². The normalized spacial score (nSPS) is 58.5. The smallest absolute Gasteiger partial charge is 0.0329 e. The summed E-state index contributed by atoms with van der Waals surface area (Å²) in [6.07, 6.45) is 3.01. The van der Waals surface area contributed by atoms with Crippen LogP contribution in [0.3, 0.4) is 0 Å². The van der Waals surface area contributed by atoms with Gasteiger partial charge in [-0.15, -0.1) is 0 Å². The fourth-order valence-electron chi connectivity index (χ4n) is 4.38. The minimum atomic E-state index is 0.948. The van der Waals surface area contributed by atoms with Gasteiger partial charge in [-0.05, 0) is 54.3 Å². The van der Waals surface area contributed by atoms with E-state index in [-0.39, 0.29) is 0 Å². The maximum Gasteiger partial charge on any atom is -0.0329 e. The Morgan fingerprint density at radius 3 is 1.71 bits per heavy atom. The Morgan fingerprint density at radius 2 is 1.14 bits per heavy atom. The highest BCUT2D eigenvalue weighted by Crippen LogP contribution is 2.54. The van der Waals surface area contributed by atoms with E-state index >= 15 is 0 Å². The third kappa shape index (κ3) is 1.42. The molecule has 0 heteroatoms. The third-order valence-electron chi connectivity index (χ3n) is 5.73. The van der Waals surface area contributed by atoms with Crippen LogP contribution < -0.4 is 0 Å². The van der Waals surface area contributed by atoms with Crippen LogP contribution in [0.5, 0.6) is 0 Å². The van der Waals surface area contributed by atoms with Crippen molar-refractivity contribution in [2.24, 2.45) is 41.4 Å². The SMILES string of the molecule is CC1CC2CC(C)C(C)C2C(C)C1C. The average molecular weight is 194 g/mol. The fraction of sp³-hybridized carbons (Fsp3) is 1.00. The second-order valence-corrected chi connectivity index (χ2v) is 6.34. The Hall–Kier alpha value is 0. The second kappa shape index (κ2) is 3.54. The van der Waals surface area contributed by atoms with Crippen molar-refractivity contribution in [2.75, 3.05) is 0 Å². The first-order valence-corrected chi connectivity index (χ1v) is 6.52. The van der Waals surface area contributed by atoms with Crippen LogP contribution in [0.15, 0.2) is 0 Å². The van der Waals surface area contributed by atoms with E-state index in [0.717, 1.165) is 41.4 Å². The summed E-state index contributed by atoms with van der Waals surface area (Å²) in [6, 6.07) is 0. The van der Waals surface area contributed by atoms with Gasteiger partial charge in [0, 0.05) is 0 Å². The zero-order chi connectivity index (χ0) is 10.5. The van der Waals surface area contributed by atoms with Gasteiger partial charge in [0.1, 0.15) is 0 Å². The second-order valence-electron chi connectivity index (χ2n) is 6.34. The van der Waals surface area contributed by atoms with Crippen LogP contribution in [-0.2, 0) is 0 Å². The van der Waals surface area contributed by atoms with Crippen LogP contribution in [0.25, 0.3) is 0 Å². The average Bonchev–Trinajstić information content (AvgIpc) is 2.39. The van der Waals surface area contributed by atoms with Gasteiger partial charge in [-0.2, -0.15) is 0 Å². The molecule has 0 spiro atoms. The van der Waals surface area contributed by atoms with Crippen LogP contribution in [0.2, 0.25) is 0 Å². The van der Waals surface area contributed by atoms with Crippen molar-refractivity contribution in [1.82, 2.24) is 0 Å². The summed E-state index contributed by atoms with van der Waals surface area (Å²) >= 11 is 0. The van der Waals surface area contributed by atoms with Gasteiger partial charge in [-0.25, -0.2) is 0 Å². The summed E-state index contributed by atoms with van der Waals surface area (Å²) in [4.78, 5) is 0. The lowest BCUT2D eigenvalue weighted by atomic mass is 9.63. The Bertz CT molecular complexity index is 206. The van der Waals surface area contributed by atoms with E-state index in [1.807, 2.05) is 0 Å². The fourth-order valence-corrected chi connectivity index (χ4v) is 4.38. The predicted octanol–water partition coefficient (Wildman–Crippen LogP) is 4.21. The number of hydrogen-bond donors (Lipinski definition) is 0. The molecule has 0 aromatic heterocycles. The lowest BCUT2D eigenvalue weighted by molar-refractivity contribution is 0.0632. The Balaban J connectivity index is 2.18. The standard InChI is InChI=1S/C14H26/c1-8-6-13-7-9(2)11(4)14(13)12(5)10(8)3/h8-14H,6-7H2,1-5H3. The van der Waals surface area contributed by atoms with Gasteiger partial charge in [0.15, 0.2) is 0 Å². The van der Waals surface area contributed by atoms with Gasteiger partial charge in [0.05, 0.1) is 0 Å². The van der Waals surface area contributed by atoms with Crippen molar-refractivity contribution < 1.29 is 0 Å². The molecule has 2 saturated carbocycles. The minimum absolute atomic E-state index is 0.948. The first kappa shape index (κ1) is 10.5. The Kier molecular flexibility index (Phi) is 2.66. The molecule has 7 unspecified atom stereocenters. The summed E-state index contributed by atoms with van der Waals surface area (Å²) in [5.41, 5.74) is 0. The van der Waals surface area contributed by atoms with Gasteiger partial charge in [-0.3, -0.25) is 0 Å². The molecular formula is C14H26. The molecule has 7 atom stereocenters. The molecule has 14 heavy (non-hydrogen) atoms. The lowest BCUT2D eigenvalue weighted by Crippen LogP contribution is -2.36. The molecule has 2 rings (SSSR count). The van der Waals surface area contributed by atoms with Crippen molar-refractivity contribution in [2.45, 2.75) is 47.5 Å². The van der Waals surface area contributed by atoms with E-state index in [2.05, 4.69) is 34.6 Å². The molecule has 0 amide bonds. The molecule has 0 saturated heterocycles. The predicted molar refractivity (Wildman–Crippen MR) is 62.0 cm³/mol. The number of hydrogen-bond acceptors (Lipinski definition) is 0. The zero-order valence-electron chi connectivity index (χ0n) is 10.5. The van der Waals surface area contributed by atoms with E-state index in [0.29, 0.717) is 0 Å². The minimum Gasteiger partial charge on any atom is -0.0622 e. The summed E-state index contributed by atoms with van der Waals surface area (Å²) in [7, 11) is 0. The highest BCUT2D eigenvalue weighted by Gasteiger charge is 2.46. The molecule has 0 aromatic rings. The molecule has 2 aliphatic carbocycles. The Morgan fingerprint density at radius 1 is 0.643 bits per heavy atom. The molecule has 0 bridgehead atoms. The summed E-state index contributed by atoms with van der Waals surface area (Å²) < 4.78 is 0. The first-order valence-electron chi connectivity index (χ1n) is 6.52. The zero-order valence-corrected chi connectivity index (χ0v) is 10.5. The maximum absolute atomic E-state index is 2.51. The first-order chi connectivity index (χ1) is 6.52. The van der Waals surface area contributed by atoms with Crippen LogP contribution in [-0.4, -0.2) is 0 Å². The molecule has 2 aliphatic rings. The van der Waals surface area contributed by atoms with Crippen LogP contribution in [0, 0.1) is 41.4 Å². The van der Waals surface area contributed by atoms with E-state index in [1.165, 1.54) is 12.8 Å². The van der Waals surface area contributed by atoms with Crippen molar-refractivity contribution in [3.05, 3.63) is 0 Å². The largest absolute Gasteiger partial charge is 0.0622 e. The van der Waals surface area contributed by atoms with Gasteiger partial charge < -0.3 is 0 Å². The molecular weight excluding hydrogens is 168 g/mol. The number of rotatable bonds is 0. The molecule has 82 valence electrons. The quantitative estimate of drug-likeness (QED) is 0.542. The molecule has 0 aliphatic heterocycles. The monoisotopic (exact) mass is 194 g/mol. The van der Waals surface area contributed by atoms with Gasteiger partial charge >= 0.3 is 0 Å². The van der Waals surface area contributed by atoms with Gasteiger partial charge in [-0.1, -0.05) is 34.6 Å². The molecule has 0 aromatic carbocycles. The molecule has 0 heterocycles. The van der Waals surface area contributed by atoms with E-state index in [4.69, 9.17) is 0 Å². The summed E-state index contributed by atoms with van der Waals surface area (Å²) in [5, 5.41) is 0.